The Kier molecular flexibility index (Phi) is 3.82. The molecule has 0 saturated heterocycles. The van der Waals surface area contributed by atoms with Crippen molar-refractivity contribution in [2.45, 2.75) is 6.54 Å². The van der Waals surface area contributed by atoms with Gasteiger partial charge in [0.15, 0.2) is 0 Å². The first kappa shape index (κ1) is 13.4. The number of halogens is 3. The van der Waals surface area contributed by atoms with Gasteiger partial charge in [-0.2, -0.15) is 0 Å². The van der Waals surface area contributed by atoms with Crippen LogP contribution in [0.1, 0.15) is 15.9 Å². The van der Waals surface area contributed by atoms with E-state index in [1.165, 1.54) is 0 Å². The molecule has 0 bridgehead atoms. The molecule has 1 heterocycles. The van der Waals surface area contributed by atoms with Gasteiger partial charge in [0.05, 0.1) is 0 Å². The first-order valence-electron chi connectivity index (χ1n) is 5.69. The standard InChI is InChI=1S/C14H10BrClINO/c15-11-6-7-13-12(8-11)14(19)18(17(13)16)9-10-4-2-1-3-5-10/h1-8H,9H2. The van der Waals surface area contributed by atoms with Crippen LogP contribution in [0.5, 0.6) is 0 Å². The molecule has 0 N–H and O–H groups in total. The zero-order valence-electron chi connectivity index (χ0n) is 9.82. The molecule has 0 fully saturated rings. The normalized spacial score (nSPS) is 15.8. The fourth-order valence-electron chi connectivity index (χ4n) is 1.97. The molecule has 0 aromatic heterocycles. The number of nitrogens with zero attached hydrogens (tertiary/aromatic N) is 1. The van der Waals surface area contributed by atoms with Gasteiger partial charge in [-0.15, -0.1) is 0 Å². The van der Waals surface area contributed by atoms with Crippen molar-refractivity contribution in [1.82, 2.24) is 3.11 Å². The van der Waals surface area contributed by atoms with Gasteiger partial charge in [-0.1, -0.05) is 0 Å². The number of rotatable bonds is 2. The zero-order chi connectivity index (χ0) is 13.4. The van der Waals surface area contributed by atoms with Gasteiger partial charge in [0, 0.05) is 0 Å². The quantitative estimate of drug-likeness (QED) is 0.473. The number of fused-ring (bicyclic) bond motifs is 1. The Morgan fingerprint density at radius 2 is 1.89 bits per heavy atom. The van der Waals surface area contributed by atoms with Crippen molar-refractivity contribution in [2.75, 3.05) is 0 Å². The minimum atomic E-state index is -2.06. The van der Waals surface area contributed by atoms with Crippen LogP contribution in [0.3, 0.4) is 0 Å². The van der Waals surface area contributed by atoms with Crippen molar-refractivity contribution in [2.24, 2.45) is 0 Å². The predicted octanol–water partition coefficient (Wildman–Crippen LogP) is 4.85. The van der Waals surface area contributed by atoms with Crippen molar-refractivity contribution < 1.29 is 4.79 Å². The van der Waals surface area contributed by atoms with Gasteiger partial charge < -0.3 is 0 Å². The van der Waals surface area contributed by atoms with Crippen LogP contribution in [0.4, 0.5) is 0 Å². The molecule has 0 spiro atoms. The number of carbonyl (C=O) groups excluding carboxylic acids is 1. The van der Waals surface area contributed by atoms with Gasteiger partial charge in [-0.25, -0.2) is 0 Å². The van der Waals surface area contributed by atoms with E-state index in [1.54, 1.807) is 0 Å². The molecule has 98 valence electrons. The molecule has 1 amide bonds. The summed E-state index contributed by atoms with van der Waals surface area (Å²) >= 11 is 1.34. The average molecular weight is 451 g/mol. The summed E-state index contributed by atoms with van der Waals surface area (Å²) in [4.78, 5) is 12.4. The Hall–Kier alpha value is -0.590. The van der Waals surface area contributed by atoms with Crippen LogP contribution >= 0.6 is 43.8 Å². The second kappa shape index (κ2) is 5.42. The molecule has 2 nitrogen and oxygen atoms in total. The van der Waals surface area contributed by atoms with Crippen LogP contribution in [0.2, 0.25) is 0 Å². The Morgan fingerprint density at radius 3 is 2.63 bits per heavy atom. The average Bonchev–Trinajstić information content (AvgIpc) is 2.65. The van der Waals surface area contributed by atoms with E-state index in [1.807, 2.05) is 51.6 Å². The van der Waals surface area contributed by atoms with Crippen molar-refractivity contribution in [3.8, 4) is 0 Å². The number of amides is 1. The number of benzene rings is 2. The van der Waals surface area contributed by atoms with Crippen LogP contribution < -0.4 is 0 Å². The molecular formula is C14H10BrClINO. The third-order valence-electron chi connectivity index (χ3n) is 2.89. The van der Waals surface area contributed by atoms with E-state index in [4.69, 9.17) is 8.91 Å². The summed E-state index contributed by atoms with van der Waals surface area (Å²) in [6, 6.07) is 15.8. The fourth-order valence-corrected chi connectivity index (χ4v) is 7.17. The molecule has 2 aromatic carbocycles. The van der Waals surface area contributed by atoms with Crippen molar-refractivity contribution >= 4 is 49.7 Å². The molecule has 2 aromatic rings. The Balaban J connectivity index is 1.92. The Bertz CT molecular complexity index is 635. The summed E-state index contributed by atoms with van der Waals surface area (Å²) in [6.45, 7) is 0.598. The molecule has 19 heavy (non-hydrogen) atoms. The number of hydrogen-bond donors (Lipinski definition) is 0. The molecular weight excluding hydrogens is 440 g/mol. The summed E-state index contributed by atoms with van der Waals surface area (Å²) in [5.41, 5.74) is 1.87. The summed E-state index contributed by atoms with van der Waals surface area (Å²) in [7, 11) is 6.55. The molecule has 5 heteroatoms. The molecule has 0 unspecified atom stereocenters. The van der Waals surface area contributed by atoms with Crippen LogP contribution in [0, 0.1) is 3.57 Å². The third kappa shape index (κ3) is 2.53. The summed E-state index contributed by atoms with van der Waals surface area (Å²) in [5, 5.41) is 0. The molecule has 0 saturated carbocycles. The Morgan fingerprint density at radius 1 is 1.16 bits per heavy atom. The van der Waals surface area contributed by atoms with E-state index >= 15 is 0 Å². The van der Waals surface area contributed by atoms with E-state index in [9.17, 15) is 4.79 Å². The monoisotopic (exact) mass is 449 g/mol. The summed E-state index contributed by atoms with van der Waals surface area (Å²) < 4.78 is 3.80. The molecule has 3 rings (SSSR count). The van der Waals surface area contributed by atoms with Crippen molar-refractivity contribution in [3.63, 3.8) is 0 Å². The molecule has 0 aliphatic carbocycles. The van der Waals surface area contributed by atoms with E-state index in [0.29, 0.717) is 6.54 Å². The predicted molar refractivity (Wildman–Crippen MR) is 89.0 cm³/mol. The van der Waals surface area contributed by atoms with Crippen LogP contribution in [0.15, 0.2) is 53.0 Å². The van der Waals surface area contributed by atoms with Crippen LogP contribution in [-0.2, 0) is 6.54 Å². The second-order valence-corrected chi connectivity index (χ2v) is 10.5. The molecule has 0 radical (unpaired) electrons. The maximum atomic E-state index is 12.4. The van der Waals surface area contributed by atoms with Crippen LogP contribution in [-0.4, -0.2) is 9.02 Å². The zero-order valence-corrected chi connectivity index (χ0v) is 14.3. The molecule has 0 atom stereocenters. The van der Waals surface area contributed by atoms with Gasteiger partial charge >= 0.3 is 132 Å². The van der Waals surface area contributed by atoms with Gasteiger partial charge in [0.2, 0.25) is 0 Å². The van der Waals surface area contributed by atoms with E-state index in [-0.39, 0.29) is 5.91 Å². The van der Waals surface area contributed by atoms with E-state index in [0.717, 1.165) is 19.2 Å². The molecule has 1 aliphatic heterocycles. The van der Waals surface area contributed by atoms with Crippen LogP contribution in [0.25, 0.3) is 0 Å². The first-order valence-corrected chi connectivity index (χ1v) is 11.3. The van der Waals surface area contributed by atoms with Gasteiger partial charge in [-0.05, 0) is 0 Å². The minimum absolute atomic E-state index is 0.0559. The number of hydrogen-bond acceptors (Lipinski definition) is 1. The third-order valence-corrected chi connectivity index (χ3v) is 9.15. The second-order valence-electron chi connectivity index (χ2n) is 4.16. The van der Waals surface area contributed by atoms with Gasteiger partial charge in [-0.3, -0.25) is 0 Å². The fraction of sp³-hybridized carbons (Fsp3) is 0.0714. The van der Waals surface area contributed by atoms with Crippen molar-refractivity contribution in [3.05, 3.63) is 67.7 Å². The summed E-state index contributed by atoms with van der Waals surface area (Å²) in [6.07, 6.45) is 0. The SMILES string of the molecule is O=C1c2cc(Br)ccc2I(Cl)N1Cc1ccccc1. The molecule has 1 aliphatic rings. The summed E-state index contributed by atoms with van der Waals surface area (Å²) in [5.74, 6) is 0.0559. The topological polar surface area (TPSA) is 20.3 Å². The first-order chi connectivity index (χ1) is 9.16. The Labute approximate surface area is 131 Å². The van der Waals surface area contributed by atoms with Crippen molar-refractivity contribution in [1.29, 1.82) is 0 Å². The van der Waals surface area contributed by atoms with E-state index in [2.05, 4.69) is 15.9 Å². The number of carbonyl (C=O) groups is 1. The van der Waals surface area contributed by atoms with E-state index < -0.39 is 19.0 Å². The maximum absolute atomic E-state index is 12.4. The van der Waals surface area contributed by atoms with Gasteiger partial charge in [0.25, 0.3) is 0 Å². The van der Waals surface area contributed by atoms with Gasteiger partial charge in [0.1, 0.15) is 0 Å².